The molecule has 0 aliphatic heterocycles. The molecule has 120 valence electrons. The number of nitrogens with zero attached hydrogens (tertiary/aromatic N) is 4. The molecule has 0 spiro atoms. The van der Waals surface area contributed by atoms with Crippen LogP contribution >= 0.6 is 0 Å². The van der Waals surface area contributed by atoms with Crippen molar-refractivity contribution in [3.63, 3.8) is 0 Å². The maximum Gasteiger partial charge on any atom is 0.258 e. The van der Waals surface area contributed by atoms with E-state index in [0.29, 0.717) is 11.7 Å². The average Bonchev–Trinajstić information content (AvgIpc) is 3.28. The first-order chi connectivity index (χ1) is 11.8. The van der Waals surface area contributed by atoms with Crippen molar-refractivity contribution in [3.8, 4) is 28.6 Å². The summed E-state index contributed by atoms with van der Waals surface area (Å²) in [6, 6.07) is 13.5. The molecular formula is C18H16N4O2. The zero-order chi connectivity index (χ0) is 16.5. The minimum absolute atomic E-state index is 0.466. The van der Waals surface area contributed by atoms with Crippen LogP contribution in [0, 0.1) is 0 Å². The summed E-state index contributed by atoms with van der Waals surface area (Å²) >= 11 is 0. The highest BCUT2D eigenvalue weighted by molar-refractivity contribution is 5.80. The number of ether oxygens (including phenoxy) is 1. The largest absolute Gasteiger partial charge is 0.497 e. The quantitative estimate of drug-likeness (QED) is 0.572. The van der Waals surface area contributed by atoms with Crippen LogP contribution in [0.15, 0.2) is 53.3 Å². The van der Waals surface area contributed by atoms with Gasteiger partial charge in [-0.3, -0.25) is 0 Å². The number of imidazole rings is 1. The lowest BCUT2D eigenvalue weighted by Crippen LogP contribution is -1.91. The highest BCUT2D eigenvalue weighted by Crippen LogP contribution is 2.26. The molecule has 4 aromatic rings. The highest BCUT2D eigenvalue weighted by Gasteiger charge is 2.12. The topological polar surface area (TPSA) is 66.0 Å². The SMILES string of the molecule is CCn1cnc2ccc(-c3noc(-c4cccc(OC)c4)n3)cc21. The smallest absolute Gasteiger partial charge is 0.258 e. The fourth-order valence-electron chi connectivity index (χ4n) is 2.66. The molecule has 6 nitrogen and oxygen atoms in total. The number of fused-ring (bicyclic) bond motifs is 1. The summed E-state index contributed by atoms with van der Waals surface area (Å²) in [5.74, 6) is 1.77. The number of methoxy groups -OCH3 is 1. The summed E-state index contributed by atoms with van der Waals surface area (Å²) in [7, 11) is 1.63. The van der Waals surface area contributed by atoms with Gasteiger partial charge in [-0.2, -0.15) is 4.98 Å². The van der Waals surface area contributed by atoms with Gasteiger partial charge in [-0.25, -0.2) is 4.98 Å². The van der Waals surface area contributed by atoms with E-state index >= 15 is 0 Å². The van der Waals surface area contributed by atoms with Crippen LogP contribution in [0.3, 0.4) is 0 Å². The number of benzene rings is 2. The minimum Gasteiger partial charge on any atom is -0.497 e. The summed E-state index contributed by atoms with van der Waals surface area (Å²) in [6.45, 7) is 2.95. The molecule has 0 radical (unpaired) electrons. The van der Waals surface area contributed by atoms with Gasteiger partial charge in [0.2, 0.25) is 5.82 Å². The van der Waals surface area contributed by atoms with Gasteiger partial charge in [0.05, 0.1) is 24.5 Å². The van der Waals surface area contributed by atoms with Gasteiger partial charge in [-0.05, 0) is 43.3 Å². The lowest BCUT2D eigenvalue weighted by Gasteiger charge is -2.00. The summed E-state index contributed by atoms with van der Waals surface area (Å²) < 4.78 is 12.7. The van der Waals surface area contributed by atoms with Crippen LogP contribution in [0.25, 0.3) is 33.9 Å². The van der Waals surface area contributed by atoms with Crippen molar-refractivity contribution < 1.29 is 9.26 Å². The van der Waals surface area contributed by atoms with E-state index in [1.54, 1.807) is 7.11 Å². The number of hydrogen-bond acceptors (Lipinski definition) is 5. The van der Waals surface area contributed by atoms with Crippen LogP contribution in [0.2, 0.25) is 0 Å². The van der Waals surface area contributed by atoms with Gasteiger partial charge < -0.3 is 13.8 Å². The number of aromatic nitrogens is 4. The van der Waals surface area contributed by atoms with E-state index in [1.807, 2.05) is 48.8 Å². The van der Waals surface area contributed by atoms with E-state index in [2.05, 4.69) is 26.6 Å². The Bertz CT molecular complexity index is 1000. The van der Waals surface area contributed by atoms with E-state index in [-0.39, 0.29) is 0 Å². The maximum absolute atomic E-state index is 5.42. The van der Waals surface area contributed by atoms with Gasteiger partial charge in [-0.15, -0.1) is 0 Å². The van der Waals surface area contributed by atoms with Crippen LogP contribution < -0.4 is 4.74 Å². The Kier molecular flexibility index (Phi) is 3.49. The van der Waals surface area contributed by atoms with Crippen molar-refractivity contribution in [2.24, 2.45) is 0 Å². The minimum atomic E-state index is 0.466. The zero-order valence-electron chi connectivity index (χ0n) is 13.4. The van der Waals surface area contributed by atoms with Crippen molar-refractivity contribution in [3.05, 3.63) is 48.8 Å². The monoisotopic (exact) mass is 320 g/mol. The average molecular weight is 320 g/mol. The number of aryl methyl sites for hydroxylation is 1. The summed E-state index contributed by atoms with van der Waals surface area (Å²) in [6.07, 6.45) is 1.84. The van der Waals surface area contributed by atoms with E-state index in [1.165, 1.54) is 0 Å². The molecule has 6 heteroatoms. The second-order valence-electron chi connectivity index (χ2n) is 5.39. The normalized spacial score (nSPS) is 11.1. The molecule has 2 aromatic heterocycles. The molecule has 0 bridgehead atoms. The molecule has 0 fully saturated rings. The number of hydrogen-bond donors (Lipinski definition) is 0. The molecule has 0 N–H and O–H groups in total. The van der Waals surface area contributed by atoms with Gasteiger partial charge in [-0.1, -0.05) is 11.2 Å². The van der Waals surface area contributed by atoms with Crippen LogP contribution in [-0.2, 0) is 6.54 Å². The van der Waals surface area contributed by atoms with Gasteiger partial charge in [0.1, 0.15) is 5.75 Å². The highest BCUT2D eigenvalue weighted by atomic mass is 16.5. The second kappa shape index (κ2) is 5.81. The third-order valence-electron chi connectivity index (χ3n) is 3.96. The second-order valence-corrected chi connectivity index (χ2v) is 5.39. The van der Waals surface area contributed by atoms with E-state index in [0.717, 1.165) is 34.5 Å². The first kappa shape index (κ1) is 14.4. The van der Waals surface area contributed by atoms with Gasteiger partial charge >= 0.3 is 0 Å². The summed E-state index contributed by atoms with van der Waals surface area (Å²) in [4.78, 5) is 8.89. The molecule has 2 heterocycles. The lowest BCUT2D eigenvalue weighted by molar-refractivity contribution is 0.413. The fraction of sp³-hybridized carbons (Fsp3) is 0.167. The predicted molar refractivity (Wildman–Crippen MR) is 90.7 cm³/mol. The van der Waals surface area contributed by atoms with Crippen LogP contribution in [-0.4, -0.2) is 26.8 Å². The van der Waals surface area contributed by atoms with Crippen molar-refractivity contribution in [1.82, 2.24) is 19.7 Å². The number of rotatable bonds is 4. The van der Waals surface area contributed by atoms with Crippen LogP contribution in [0.4, 0.5) is 0 Å². The fourth-order valence-corrected chi connectivity index (χ4v) is 2.66. The Morgan fingerprint density at radius 1 is 1.12 bits per heavy atom. The van der Waals surface area contributed by atoms with Crippen molar-refractivity contribution >= 4 is 11.0 Å². The molecule has 0 saturated heterocycles. The van der Waals surface area contributed by atoms with Gasteiger partial charge in [0.15, 0.2) is 0 Å². The van der Waals surface area contributed by atoms with Crippen LogP contribution in [0.5, 0.6) is 5.75 Å². The first-order valence-corrected chi connectivity index (χ1v) is 7.72. The zero-order valence-corrected chi connectivity index (χ0v) is 13.4. The Morgan fingerprint density at radius 3 is 2.88 bits per heavy atom. The molecular weight excluding hydrogens is 304 g/mol. The lowest BCUT2D eigenvalue weighted by atomic mass is 10.2. The van der Waals surface area contributed by atoms with E-state index in [4.69, 9.17) is 9.26 Å². The van der Waals surface area contributed by atoms with E-state index < -0.39 is 0 Å². The molecule has 0 saturated carbocycles. The molecule has 0 aliphatic carbocycles. The molecule has 0 atom stereocenters. The molecule has 0 amide bonds. The third kappa shape index (κ3) is 2.42. The molecule has 0 unspecified atom stereocenters. The first-order valence-electron chi connectivity index (χ1n) is 7.72. The molecule has 0 aliphatic rings. The Morgan fingerprint density at radius 2 is 2.04 bits per heavy atom. The Hall–Kier alpha value is -3.15. The Balaban J connectivity index is 1.74. The standard InChI is InChI=1S/C18H16N4O2/c1-3-22-11-19-15-8-7-12(10-16(15)22)17-20-18(24-21-17)13-5-4-6-14(9-13)23-2/h4-11H,3H2,1-2H3. The van der Waals surface area contributed by atoms with Crippen LogP contribution in [0.1, 0.15) is 6.92 Å². The third-order valence-corrected chi connectivity index (χ3v) is 3.96. The Labute approximate surface area is 138 Å². The van der Waals surface area contributed by atoms with Crippen molar-refractivity contribution in [2.45, 2.75) is 13.5 Å². The van der Waals surface area contributed by atoms with Gasteiger partial charge in [0.25, 0.3) is 5.89 Å². The van der Waals surface area contributed by atoms with Gasteiger partial charge in [0, 0.05) is 17.7 Å². The molecule has 2 aromatic carbocycles. The summed E-state index contributed by atoms with van der Waals surface area (Å²) in [5.41, 5.74) is 3.74. The molecule has 4 rings (SSSR count). The van der Waals surface area contributed by atoms with Crippen molar-refractivity contribution in [2.75, 3.05) is 7.11 Å². The van der Waals surface area contributed by atoms with E-state index in [9.17, 15) is 0 Å². The summed E-state index contributed by atoms with van der Waals surface area (Å²) in [5, 5.41) is 4.11. The predicted octanol–water partition coefficient (Wildman–Crippen LogP) is 3.78. The maximum atomic E-state index is 5.42. The van der Waals surface area contributed by atoms with Crippen molar-refractivity contribution in [1.29, 1.82) is 0 Å². The molecule has 24 heavy (non-hydrogen) atoms.